The second kappa shape index (κ2) is 5.11. The first kappa shape index (κ1) is 13.1. The SMILES string of the molecule is Cc1ccc(N(C)C(=O)CC2(CN)CCC2)cc1. The predicted molar refractivity (Wildman–Crippen MR) is 74.5 cm³/mol. The molecule has 1 aromatic rings. The van der Waals surface area contributed by atoms with Gasteiger partial charge in [-0.3, -0.25) is 4.79 Å². The Labute approximate surface area is 109 Å². The van der Waals surface area contributed by atoms with Gasteiger partial charge in [0.05, 0.1) is 0 Å². The van der Waals surface area contributed by atoms with Gasteiger partial charge in [0.1, 0.15) is 0 Å². The molecule has 0 unspecified atom stereocenters. The van der Waals surface area contributed by atoms with Crippen molar-refractivity contribution in [2.45, 2.75) is 32.6 Å². The quantitative estimate of drug-likeness (QED) is 0.887. The number of hydrogen-bond acceptors (Lipinski definition) is 2. The number of rotatable bonds is 4. The lowest BCUT2D eigenvalue weighted by Gasteiger charge is -2.41. The van der Waals surface area contributed by atoms with Gasteiger partial charge in [-0.25, -0.2) is 0 Å². The molecule has 3 heteroatoms. The summed E-state index contributed by atoms with van der Waals surface area (Å²) in [7, 11) is 1.84. The molecule has 1 aliphatic carbocycles. The number of carbonyl (C=O) groups is 1. The number of aryl methyl sites for hydroxylation is 1. The van der Waals surface area contributed by atoms with Crippen LogP contribution in [0.1, 0.15) is 31.2 Å². The van der Waals surface area contributed by atoms with Gasteiger partial charge < -0.3 is 10.6 Å². The van der Waals surface area contributed by atoms with E-state index in [2.05, 4.69) is 0 Å². The van der Waals surface area contributed by atoms with E-state index in [9.17, 15) is 4.79 Å². The van der Waals surface area contributed by atoms with Crippen molar-refractivity contribution in [1.82, 2.24) is 0 Å². The molecule has 2 N–H and O–H groups in total. The van der Waals surface area contributed by atoms with Gasteiger partial charge in [-0.15, -0.1) is 0 Å². The minimum Gasteiger partial charge on any atom is -0.330 e. The number of amides is 1. The first-order chi connectivity index (χ1) is 8.56. The Hall–Kier alpha value is -1.35. The molecule has 1 aliphatic rings. The van der Waals surface area contributed by atoms with Crippen molar-refractivity contribution in [3.63, 3.8) is 0 Å². The average molecular weight is 246 g/mol. The van der Waals surface area contributed by atoms with Gasteiger partial charge in [-0.05, 0) is 43.9 Å². The summed E-state index contributed by atoms with van der Waals surface area (Å²) >= 11 is 0. The molecule has 0 radical (unpaired) electrons. The summed E-state index contributed by atoms with van der Waals surface area (Å²) in [5, 5.41) is 0. The molecular weight excluding hydrogens is 224 g/mol. The monoisotopic (exact) mass is 246 g/mol. The van der Waals surface area contributed by atoms with Gasteiger partial charge in [0.15, 0.2) is 0 Å². The highest BCUT2D eigenvalue weighted by Crippen LogP contribution is 2.43. The van der Waals surface area contributed by atoms with Crippen molar-refractivity contribution in [3.05, 3.63) is 29.8 Å². The smallest absolute Gasteiger partial charge is 0.227 e. The Morgan fingerprint density at radius 1 is 1.33 bits per heavy atom. The number of anilines is 1. The van der Waals surface area contributed by atoms with E-state index in [1.54, 1.807) is 4.90 Å². The van der Waals surface area contributed by atoms with Crippen LogP contribution in [-0.2, 0) is 4.79 Å². The molecule has 0 heterocycles. The Balaban J connectivity index is 2.02. The van der Waals surface area contributed by atoms with Gasteiger partial charge in [-0.1, -0.05) is 24.1 Å². The molecule has 98 valence electrons. The fourth-order valence-electron chi connectivity index (χ4n) is 2.48. The van der Waals surface area contributed by atoms with Crippen molar-refractivity contribution in [2.75, 3.05) is 18.5 Å². The van der Waals surface area contributed by atoms with Gasteiger partial charge in [0, 0.05) is 19.2 Å². The second-order valence-corrected chi connectivity index (χ2v) is 5.52. The molecule has 1 amide bonds. The van der Waals surface area contributed by atoms with E-state index in [1.165, 1.54) is 12.0 Å². The molecule has 2 rings (SSSR count). The molecule has 3 nitrogen and oxygen atoms in total. The summed E-state index contributed by atoms with van der Waals surface area (Å²) in [4.78, 5) is 14.0. The molecule has 1 aromatic carbocycles. The zero-order valence-electron chi connectivity index (χ0n) is 11.3. The number of nitrogens with two attached hydrogens (primary N) is 1. The Morgan fingerprint density at radius 3 is 2.39 bits per heavy atom. The molecule has 18 heavy (non-hydrogen) atoms. The van der Waals surface area contributed by atoms with Crippen LogP contribution >= 0.6 is 0 Å². The zero-order valence-corrected chi connectivity index (χ0v) is 11.3. The summed E-state index contributed by atoms with van der Waals surface area (Å²) < 4.78 is 0. The summed E-state index contributed by atoms with van der Waals surface area (Å²) in [5.74, 6) is 0.170. The lowest BCUT2D eigenvalue weighted by Crippen LogP contribution is -2.42. The normalized spacial score (nSPS) is 17.1. The third-order valence-corrected chi connectivity index (χ3v) is 4.17. The highest BCUT2D eigenvalue weighted by Gasteiger charge is 2.38. The molecule has 1 fully saturated rings. The molecule has 0 spiro atoms. The Morgan fingerprint density at radius 2 is 1.94 bits per heavy atom. The average Bonchev–Trinajstić information content (AvgIpc) is 2.33. The van der Waals surface area contributed by atoms with Crippen LogP contribution in [0.2, 0.25) is 0 Å². The number of carbonyl (C=O) groups excluding carboxylic acids is 1. The fraction of sp³-hybridized carbons (Fsp3) is 0.533. The van der Waals surface area contributed by atoms with E-state index in [4.69, 9.17) is 5.73 Å². The lowest BCUT2D eigenvalue weighted by molar-refractivity contribution is -0.121. The van der Waals surface area contributed by atoms with Crippen LogP contribution in [0.4, 0.5) is 5.69 Å². The second-order valence-electron chi connectivity index (χ2n) is 5.52. The van der Waals surface area contributed by atoms with Crippen molar-refractivity contribution in [3.8, 4) is 0 Å². The maximum Gasteiger partial charge on any atom is 0.227 e. The Bertz CT molecular complexity index is 415. The van der Waals surface area contributed by atoms with Gasteiger partial charge in [-0.2, -0.15) is 0 Å². The summed E-state index contributed by atoms with van der Waals surface area (Å²) in [6.45, 7) is 2.67. The number of hydrogen-bond donors (Lipinski definition) is 1. The number of nitrogens with zero attached hydrogens (tertiary/aromatic N) is 1. The van der Waals surface area contributed by atoms with E-state index in [0.29, 0.717) is 13.0 Å². The highest BCUT2D eigenvalue weighted by atomic mass is 16.2. The van der Waals surface area contributed by atoms with Crippen molar-refractivity contribution >= 4 is 11.6 Å². The molecule has 0 atom stereocenters. The summed E-state index contributed by atoms with van der Waals surface area (Å²) in [6, 6.07) is 8.04. The van der Waals surface area contributed by atoms with Crippen LogP contribution in [0, 0.1) is 12.3 Å². The van der Waals surface area contributed by atoms with Crippen molar-refractivity contribution in [2.24, 2.45) is 11.1 Å². The number of benzene rings is 1. The Kier molecular flexibility index (Phi) is 3.71. The van der Waals surface area contributed by atoms with Crippen molar-refractivity contribution < 1.29 is 4.79 Å². The minimum absolute atomic E-state index is 0.0794. The maximum atomic E-state index is 12.3. The van der Waals surface area contributed by atoms with Crippen LogP contribution in [0.25, 0.3) is 0 Å². The van der Waals surface area contributed by atoms with Crippen molar-refractivity contribution in [1.29, 1.82) is 0 Å². The van der Waals surface area contributed by atoms with Crippen LogP contribution < -0.4 is 10.6 Å². The predicted octanol–water partition coefficient (Wildman–Crippen LogP) is 2.48. The fourth-order valence-corrected chi connectivity index (χ4v) is 2.48. The van der Waals surface area contributed by atoms with E-state index in [-0.39, 0.29) is 11.3 Å². The molecule has 1 saturated carbocycles. The van der Waals surface area contributed by atoms with Crippen LogP contribution in [-0.4, -0.2) is 19.5 Å². The van der Waals surface area contributed by atoms with E-state index >= 15 is 0 Å². The lowest BCUT2D eigenvalue weighted by atomic mass is 9.66. The van der Waals surface area contributed by atoms with Gasteiger partial charge in [0.25, 0.3) is 0 Å². The van der Waals surface area contributed by atoms with E-state index in [1.807, 2.05) is 38.2 Å². The molecule has 0 aromatic heterocycles. The molecule has 0 bridgehead atoms. The summed E-state index contributed by atoms with van der Waals surface area (Å²) in [6.07, 6.45) is 3.97. The van der Waals surface area contributed by atoms with E-state index < -0.39 is 0 Å². The first-order valence-electron chi connectivity index (χ1n) is 6.60. The summed E-state index contributed by atoms with van der Waals surface area (Å²) in [5.41, 5.74) is 8.05. The first-order valence-corrected chi connectivity index (χ1v) is 6.60. The molecule has 0 saturated heterocycles. The van der Waals surface area contributed by atoms with Crippen LogP contribution in [0.5, 0.6) is 0 Å². The zero-order chi connectivity index (χ0) is 13.2. The van der Waals surface area contributed by atoms with E-state index in [0.717, 1.165) is 18.5 Å². The van der Waals surface area contributed by atoms with Crippen LogP contribution in [0.15, 0.2) is 24.3 Å². The maximum absolute atomic E-state index is 12.3. The van der Waals surface area contributed by atoms with Crippen LogP contribution in [0.3, 0.4) is 0 Å². The standard InChI is InChI=1S/C15H22N2O/c1-12-4-6-13(7-5-12)17(2)14(18)10-15(11-16)8-3-9-15/h4-7H,3,8-11,16H2,1-2H3. The topological polar surface area (TPSA) is 46.3 Å². The van der Waals surface area contributed by atoms with Gasteiger partial charge in [0.2, 0.25) is 5.91 Å². The largest absolute Gasteiger partial charge is 0.330 e. The molecule has 0 aliphatic heterocycles. The minimum atomic E-state index is 0.0794. The molecular formula is C15H22N2O. The highest BCUT2D eigenvalue weighted by molar-refractivity contribution is 5.93. The third kappa shape index (κ3) is 2.56. The van der Waals surface area contributed by atoms with Gasteiger partial charge >= 0.3 is 0 Å². The third-order valence-electron chi connectivity index (χ3n) is 4.17.